The van der Waals surface area contributed by atoms with E-state index < -0.39 is 10.0 Å². The molecule has 0 radical (unpaired) electrons. The molecule has 2 heterocycles. The number of rotatable bonds is 6. The zero-order chi connectivity index (χ0) is 18.6. The van der Waals surface area contributed by atoms with Gasteiger partial charge < -0.3 is 9.47 Å². The lowest BCUT2D eigenvalue weighted by atomic mass is 10.0. The number of carbonyl (C=O) groups is 2. The topological polar surface area (TPSA) is 90.0 Å². The van der Waals surface area contributed by atoms with Crippen LogP contribution in [0.3, 0.4) is 0 Å². The molecule has 0 atom stereocenters. The van der Waals surface area contributed by atoms with E-state index in [4.69, 9.17) is 9.47 Å². The van der Waals surface area contributed by atoms with Crippen LogP contribution in [0.1, 0.15) is 36.0 Å². The molecular weight excluding hydrogens is 358 g/mol. The van der Waals surface area contributed by atoms with Gasteiger partial charge in [-0.2, -0.15) is 4.31 Å². The van der Waals surface area contributed by atoms with Crippen molar-refractivity contribution < 1.29 is 27.5 Å². The largest absolute Gasteiger partial charge is 0.457 e. The van der Waals surface area contributed by atoms with Crippen LogP contribution in [0.25, 0.3) is 0 Å². The molecule has 2 fully saturated rings. The van der Waals surface area contributed by atoms with E-state index in [-0.39, 0.29) is 29.2 Å². The van der Waals surface area contributed by atoms with Gasteiger partial charge in [0.15, 0.2) is 12.4 Å². The van der Waals surface area contributed by atoms with Crippen LogP contribution in [-0.2, 0) is 24.3 Å². The van der Waals surface area contributed by atoms with Crippen molar-refractivity contribution in [1.29, 1.82) is 0 Å². The maximum atomic E-state index is 12.5. The fraction of sp³-hybridized carbons (Fsp3) is 0.556. The average molecular weight is 381 g/mol. The van der Waals surface area contributed by atoms with Gasteiger partial charge in [-0.05, 0) is 49.9 Å². The van der Waals surface area contributed by atoms with Gasteiger partial charge in [-0.3, -0.25) is 9.59 Å². The van der Waals surface area contributed by atoms with Gasteiger partial charge in [-0.1, -0.05) is 0 Å². The van der Waals surface area contributed by atoms with E-state index in [2.05, 4.69) is 0 Å². The molecule has 3 rings (SSSR count). The molecule has 0 aromatic heterocycles. The van der Waals surface area contributed by atoms with Gasteiger partial charge in [0.1, 0.15) is 0 Å². The molecule has 2 aliphatic rings. The van der Waals surface area contributed by atoms with Crippen LogP contribution in [0.15, 0.2) is 29.2 Å². The molecule has 1 aromatic carbocycles. The Bertz CT molecular complexity index is 746. The van der Waals surface area contributed by atoms with Crippen molar-refractivity contribution in [2.24, 2.45) is 5.92 Å². The second-order valence-corrected chi connectivity index (χ2v) is 8.49. The number of ether oxygens (including phenoxy) is 2. The van der Waals surface area contributed by atoms with E-state index in [1.165, 1.54) is 28.6 Å². The number of hydrogen-bond acceptors (Lipinski definition) is 6. The normalized spacial score (nSPS) is 19.4. The Morgan fingerprint density at radius 1 is 1.08 bits per heavy atom. The Labute approximate surface area is 153 Å². The third kappa shape index (κ3) is 4.31. The Morgan fingerprint density at radius 2 is 1.69 bits per heavy atom. The van der Waals surface area contributed by atoms with Crippen LogP contribution in [0.2, 0.25) is 0 Å². The molecule has 2 aliphatic heterocycles. The second kappa shape index (κ2) is 8.28. The minimum absolute atomic E-state index is 0.176. The first-order valence-corrected chi connectivity index (χ1v) is 10.3. The maximum Gasteiger partial charge on any atom is 0.309 e. The Hall–Kier alpha value is -1.77. The highest BCUT2D eigenvalue weighted by molar-refractivity contribution is 7.89. The SMILES string of the molecule is O=C(COC(=O)C1CCOCC1)c1ccc(S(=O)(=O)N2CCCC2)cc1. The fourth-order valence-corrected chi connectivity index (χ4v) is 4.68. The number of benzene rings is 1. The first-order valence-electron chi connectivity index (χ1n) is 8.86. The molecule has 0 bridgehead atoms. The Kier molecular flexibility index (Phi) is 6.05. The van der Waals surface area contributed by atoms with Crippen molar-refractivity contribution in [2.45, 2.75) is 30.6 Å². The van der Waals surface area contributed by atoms with Crippen molar-refractivity contribution in [2.75, 3.05) is 32.9 Å². The summed E-state index contributed by atoms with van der Waals surface area (Å²) in [6.45, 7) is 1.78. The van der Waals surface area contributed by atoms with Crippen molar-refractivity contribution in [3.63, 3.8) is 0 Å². The highest BCUT2D eigenvalue weighted by Crippen LogP contribution is 2.21. The Balaban J connectivity index is 1.57. The molecule has 7 nitrogen and oxygen atoms in total. The average Bonchev–Trinajstić information content (AvgIpc) is 3.22. The quantitative estimate of drug-likeness (QED) is 0.549. The third-order valence-electron chi connectivity index (χ3n) is 4.78. The molecule has 0 unspecified atom stereocenters. The zero-order valence-electron chi connectivity index (χ0n) is 14.6. The van der Waals surface area contributed by atoms with Crippen molar-refractivity contribution in [3.05, 3.63) is 29.8 Å². The standard InChI is InChI=1S/C18H23NO6S/c20-17(13-25-18(21)15-7-11-24-12-8-15)14-3-5-16(6-4-14)26(22,23)19-9-1-2-10-19/h3-6,15H,1-2,7-13H2. The minimum atomic E-state index is -3.50. The van der Waals surface area contributed by atoms with E-state index in [1.807, 2.05) is 0 Å². The summed E-state index contributed by atoms with van der Waals surface area (Å²) in [4.78, 5) is 24.3. The zero-order valence-corrected chi connectivity index (χ0v) is 15.4. The van der Waals surface area contributed by atoms with Crippen molar-refractivity contribution in [3.8, 4) is 0 Å². The van der Waals surface area contributed by atoms with Gasteiger partial charge in [0.05, 0.1) is 10.8 Å². The van der Waals surface area contributed by atoms with Crippen molar-refractivity contribution >= 4 is 21.8 Å². The van der Waals surface area contributed by atoms with Gasteiger partial charge in [-0.15, -0.1) is 0 Å². The fourth-order valence-electron chi connectivity index (χ4n) is 3.16. The first kappa shape index (κ1) is 19.0. The van der Waals surface area contributed by atoms with Crippen LogP contribution in [-0.4, -0.2) is 57.4 Å². The third-order valence-corrected chi connectivity index (χ3v) is 6.69. The number of hydrogen-bond donors (Lipinski definition) is 0. The van der Waals surface area contributed by atoms with E-state index >= 15 is 0 Å². The highest BCUT2D eigenvalue weighted by atomic mass is 32.2. The lowest BCUT2D eigenvalue weighted by Gasteiger charge is -2.20. The lowest BCUT2D eigenvalue weighted by molar-refractivity contribution is -0.150. The Morgan fingerprint density at radius 3 is 2.31 bits per heavy atom. The summed E-state index contributed by atoms with van der Waals surface area (Å²) in [5, 5.41) is 0. The highest BCUT2D eigenvalue weighted by Gasteiger charge is 2.27. The molecule has 26 heavy (non-hydrogen) atoms. The van der Waals surface area contributed by atoms with E-state index in [1.54, 1.807) is 0 Å². The van der Waals surface area contributed by atoms with Crippen LogP contribution in [0.5, 0.6) is 0 Å². The summed E-state index contributed by atoms with van der Waals surface area (Å²) >= 11 is 0. The van der Waals surface area contributed by atoms with Gasteiger partial charge in [-0.25, -0.2) is 8.42 Å². The number of nitrogens with zero attached hydrogens (tertiary/aromatic N) is 1. The van der Waals surface area contributed by atoms with Crippen LogP contribution >= 0.6 is 0 Å². The summed E-state index contributed by atoms with van der Waals surface area (Å²) in [6, 6.07) is 5.80. The predicted octanol–water partition coefficient (Wildman–Crippen LogP) is 1.62. The molecule has 0 N–H and O–H groups in total. The van der Waals surface area contributed by atoms with Crippen LogP contribution < -0.4 is 0 Å². The molecular formula is C18H23NO6S. The molecule has 0 amide bonds. The molecule has 0 saturated carbocycles. The molecule has 0 spiro atoms. The maximum absolute atomic E-state index is 12.5. The van der Waals surface area contributed by atoms with Gasteiger partial charge in [0.25, 0.3) is 0 Å². The van der Waals surface area contributed by atoms with Crippen LogP contribution in [0, 0.1) is 5.92 Å². The molecule has 1 aromatic rings. The summed E-state index contributed by atoms with van der Waals surface area (Å²) in [6.07, 6.45) is 2.95. The molecule has 2 saturated heterocycles. The number of ketones is 1. The van der Waals surface area contributed by atoms with Crippen LogP contribution in [0.4, 0.5) is 0 Å². The smallest absolute Gasteiger partial charge is 0.309 e. The number of Topliss-reactive ketones (excluding diaryl/α,β-unsaturated/α-hetero) is 1. The lowest BCUT2D eigenvalue weighted by Crippen LogP contribution is -2.28. The van der Waals surface area contributed by atoms with Gasteiger partial charge in [0.2, 0.25) is 10.0 Å². The number of sulfonamides is 1. The van der Waals surface area contributed by atoms with Crippen molar-refractivity contribution in [1.82, 2.24) is 4.31 Å². The van der Waals surface area contributed by atoms with Gasteiger partial charge in [0, 0.05) is 31.9 Å². The van der Waals surface area contributed by atoms with E-state index in [9.17, 15) is 18.0 Å². The molecule has 0 aliphatic carbocycles. The predicted molar refractivity (Wildman–Crippen MR) is 93.3 cm³/mol. The summed E-state index contributed by atoms with van der Waals surface area (Å²) < 4.78 is 36.7. The second-order valence-electron chi connectivity index (χ2n) is 6.55. The summed E-state index contributed by atoms with van der Waals surface area (Å²) in [5.74, 6) is -0.949. The minimum Gasteiger partial charge on any atom is -0.457 e. The summed E-state index contributed by atoms with van der Waals surface area (Å²) in [5.41, 5.74) is 0.324. The number of carbonyl (C=O) groups excluding carboxylic acids is 2. The monoisotopic (exact) mass is 381 g/mol. The number of esters is 1. The van der Waals surface area contributed by atoms with E-state index in [0.29, 0.717) is 44.7 Å². The van der Waals surface area contributed by atoms with E-state index in [0.717, 1.165) is 12.8 Å². The molecule has 142 valence electrons. The summed E-state index contributed by atoms with van der Waals surface area (Å²) in [7, 11) is -3.50. The molecule has 8 heteroatoms. The first-order chi connectivity index (χ1) is 12.5. The van der Waals surface area contributed by atoms with Gasteiger partial charge >= 0.3 is 5.97 Å².